The third-order valence-corrected chi connectivity index (χ3v) is 5.49. The van der Waals surface area contributed by atoms with Crippen LogP contribution in [0.25, 0.3) is 0 Å². The molecule has 1 aromatic rings. The lowest BCUT2D eigenvalue weighted by atomic mass is 10.0. The van der Waals surface area contributed by atoms with Gasteiger partial charge in [0.25, 0.3) is 9.05 Å². The van der Waals surface area contributed by atoms with Crippen LogP contribution >= 0.6 is 10.7 Å². The second-order valence-electron chi connectivity index (χ2n) is 5.58. The third kappa shape index (κ3) is 3.90. The summed E-state index contributed by atoms with van der Waals surface area (Å²) in [6.07, 6.45) is 2.01. The average Bonchev–Trinajstić information content (AvgIpc) is 2.42. The molecule has 0 aromatic heterocycles. The summed E-state index contributed by atoms with van der Waals surface area (Å²) in [5.41, 5.74) is 2.28. The molecule has 4 nitrogen and oxygen atoms in total. The SMILES string of the molecule is Cc1cc(S(=O)(=O)Cl)c(C)c(C)c1OCC1CCOCC1. The normalized spacial score (nSPS) is 17.0. The Bertz CT molecular complexity index is 619. The standard InChI is InChI=1S/C15H21ClO4S/c1-10-8-14(21(16,17)18)11(2)12(3)15(10)20-9-13-4-6-19-7-5-13/h8,13H,4-7,9H2,1-3H3. The van der Waals surface area contributed by atoms with Crippen molar-refractivity contribution < 1.29 is 17.9 Å². The molecule has 1 aromatic carbocycles. The molecule has 0 unspecified atom stereocenters. The van der Waals surface area contributed by atoms with Crippen LogP contribution in [-0.4, -0.2) is 28.2 Å². The Balaban J connectivity index is 2.22. The summed E-state index contributed by atoms with van der Waals surface area (Å²) < 4.78 is 34.5. The number of hydrogen-bond acceptors (Lipinski definition) is 4. The fourth-order valence-electron chi connectivity index (χ4n) is 2.61. The highest BCUT2D eigenvalue weighted by Crippen LogP contribution is 2.33. The second kappa shape index (κ2) is 6.55. The van der Waals surface area contributed by atoms with Crippen LogP contribution < -0.4 is 4.74 Å². The number of ether oxygens (including phenoxy) is 2. The van der Waals surface area contributed by atoms with Crippen molar-refractivity contribution in [1.29, 1.82) is 0 Å². The van der Waals surface area contributed by atoms with E-state index >= 15 is 0 Å². The lowest BCUT2D eigenvalue weighted by Crippen LogP contribution is -2.22. The van der Waals surface area contributed by atoms with Gasteiger partial charge in [0.05, 0.1) is 11.5 Å². The van der Waals surface area contributed by atoms with E-state index in [0.29, 0.717) is 18.1 Å². The van der Waals surface area contributed by atoms with Crippen molar-refractivity contribution in [3.05, 3.63) is 22.8 Å². The summed E-state index contributed by atoms with van der Waals surface area (Å²) in [6, 6.07) is 1.59. The summed E-state index contributed by atoms with van der Waals surface area (Å²) in [5, 5.41) is 0. The van der Waals surface area contributed by atoms with Gasteiger partial charge in [0.15, 0.2) is 0 Å². The summed E-state index contributed by atoms with van der Waals surface area (Å²) in [7, 11) is 1.75. The highest BCUT2D eigenvalue weighted by atomic mass is 35.7. The minimum atomic E-state index is -3.73. The first-order valence-corrected chi connectivity index (χ1v) is 9.37. The van der Waals surface area contributed by atoms with Gasteiger partial charge in [-0.1, -0.05) is 0 Å². The molecule has 0 amide bonds. The van der Waals surface area contributed by atoms with E-state index in [0.717, 1.165) is 42.9 Å². The highest BCUT2D eigenvalue weighted by molar-refractivity contribution is 8.13. The van der Waals surface area contributed by atoms with Crippen molar-refractivity contribution in [2.24, 2.45) is 5.92 Å². The second-order valence-corrected chi connectivity index (χ2v) is 8.11. The van der Waals surface area contributed by atoms with E-state index in [1.807, 2.05) is 13.8 Å². The first-order valence-electron chi connectivity index (χ1n) is 7.06. The molecule has 0 bridgehead atoms. The number of benzene rings is 1. The van der Waals surface area contributed by atoms with Crippen LogP contribution in [0.1, 0.15) is 29.5 Å². The van der Waals surface area contributed by atoms with Crippen molar-refractivity contribution in [2.75, 3.05) is 19.8 Å². The first-order chi connectivity index (χ1) is 9.80. The lowest BCUT2D eigenvalue weighted by molar-refractivity contribution is 0.0495. The number of hydrogen-bond donors (Lipinski definition) is 0. The Morgan fingerprint density at radius 2 is 1.86 bits per heavy atom. The number of aryl methyl sites for hydroxylation is 1. The highest BCUT2D eigenvalue weighted by Gasteiger charge is 2.21. The fraction of sp³-hybridized carbons (Fsp3) is 0.600. The van der Waals surface area contributed by atoms with Crippen LogP contribution in [0.15, 0.2) is 11.0 Å². The molecule has 1 fully saturated rings. The van der Waals surface area contributed by atoms with E-state index in [1.165, 1.54) is 0 Å². The van der Waals surface area contributed by atoms with E-state index in [4.69, 9.17) is 20.2 Å². The van der Waals surface area contributed by atoms with Crippen LogP contribution in [0.4, 0.5) is 0 Å². The summed E-state index contributed by atoms with van der Waals surface area (Å²) in [4.78, 5) is 0.164. The Labute approximate surface area is 130 Å². The van der Waals surface area contributed by atoms with Crippen molar-refractivity contribution in [2.45, 2.75) is 38.5 Å². The third-order valence-electron chi connectivity index (χ3n) is 4.05. The molecule has 0 radical (unpaired) electrons. The molecule has 0 N–H and O–H groups in total. The van der Waals surface area contributed by atoms with E-state index in [9.17, 15) is 8.42 Å². The quantitative estimate of drug-likeness (QED) is 0.793. The van der Waals surface area contributed by atoms with Crippen LogP contribution in [-0.2, 0) is 13.8 Å². The van der Waals surface area contributed by atoms with E-state index in [1.54, 1.807) is 13.0 Å². The minimum Gasteiger partial charge on any atom is -0.493 e. The van der Waals surface area contributed by atoms with Crippen molar-refractivity contribution in [3.8, 4) is 5.75 Å². The Morgan fingerprint density at radius 3 is 2.43 bits per heavy atom. The molecule has 118 valence electrons. The molecular formula is C15H21ClO4S. The van der Waals surface area contributed by atoms with Gasteiger partial charge in [0.1, 0.15) is 5.75 Å². The number of halogens is 1. The molecule has 1 saturated heterocycles. The molecule has 1 aliphatic heterocycles. The zero-order chi connectivity index (χ0) is 15.6. The zero-order valence-electron chi connectivity index (χ0n) is 12.6. The average molecular weight is 333 g/mol. The van der Waals surface area contributed by atoms with Gasteiger partial charge in [-0.25, -0.2) is 8.42 Å². The van der Waals surface area contributed by atoms with Gasteiger partial charge in [0, 0.05) is 23.9 Å². The van der Waals surface area contributed by atoms with Crippen LogP contribution in [0, 0.1) is 26.7 Å². The van der Waals surface area contributed by atoms with E-state index < -0.39 is 9.05 Å². The van der Waals surface area contributed by atoms with Gasteiger partial charge in [-0.3, -0.25) is 0 Å². The minimum absolute atomic E-state index is 0.164. The van der Waals surface area contributed by atoms with Gasteiger partial charge in [-0.2, -0.15) is 0 Å². The van der Waals surface area contributed by atoms with Crippen molar-refractivity contribution in [3.63, 3.8) is 0 Å². The number of rotatable bonds is 4. The van der Waals surface area contributed by atoms with Crippen molar-refractivity contribution in [1.82, 2.24) is 0 Å². The largest absolute Gasteiger partial charge is 0.493 e. The van der Waals surface area contributed by atoms with Gasteiger partial charge in [-0.15, -0.1) is 0 Å². The topological polar surface area (TPSA) is 52.6 Å². The van der Waals surface area contributed by atoms with E-state index in [-0.39, 0.29) is 4.90 Å². The van der Waals surface area contributed by atoms with Crippen LogP contribution in [0.3, 0.4) is 0 Å². The molecule has 1 aliphatic rings. The molecule has 21 heavy (non-hydrogen) atoms. The van der Waals surface area contributed by atoms with Crippen LogP contribution in [0.2, 0.25) is 0 Å². The molecule has 0 spiro atoms. The van der Waals surface area contributed by atoms with Gasteiger partial charge in [-0.05, 0) is 62.3 Å². The smallest absolute Gasteiger partial charge is 0.261 e. The Hall–Kier alpha value is -0.780. The Morgan fingerprint density at radius 1 is 1.24 bits per heavy atom. The monoisotopic (exact) mass is 332 g/mol. The molecular weight excluding hydrogens is 312 g/mol. The molecule has 0 atom stereocenters. The summed E-state index contributed by atoms with van der Waals surface area (Å²) in [6.45, 7) is 7.68. The summed E-state index contributed by atoms with van der Waals surface area (Å²) >= 11 is 0. The predicted octanol–water partition coefficient (Wildman–Crippen LogP) is 3.34. The molecule has 0 saturated carbocycles. The van der Waals surface area contributed by atoms with E-state index in [2.05, 4.69) is 0 Å². The molecule has 6 heteroatoms. The maximum absolute atomic E-state index is 11.6. The lowest BCUT2D eigenvalue weighted by Gasteiger charge is -2.24. The van der Waals surface area contributed by atoms with Gasteiger partial charge < -0.3 is 9.47 Å². The van der Waals surface area contributed by atoms with Gasteiger partial charge in [0.2, 0.25) is 0 Å². The molecule has 2 rings (SSSR count). The fourth-order valence-corrected chi connectivity index (χ4v) is 3.93. The Kier molecular flexibility index (Phi) is 5.17. The molecule has 1 heterocycles. The maximum atomic E-state index is 11.6. The van der Waals surface area contributed by atoms with Crippen LogP contribution in [0.5, 0.6) is 5.75 Å². The summed E-state index contributed by atoms with van der Waals surface area (Å²) in [5.74, 6) is 1.26. The first kappa shape index (κ1) is 16.6. The predicted molar refractivity (Wildman–Crippen MR) is 82.7 cm³/mol. The van der Waals surface area contributed by atoms with Crippen molar-refractivity contribution >= 4 is 19.7 Å². The zero-order valence-corrected chi connectivity index (χ0v) is 14.2. The van der Waals surface area contributed by atoms with Gasteiger partial charge >= 0.3 is 0 Å². The maximum Gasteiger partial charge on any atom is 0.261 e. The molecule has 0 aliphatic carbocycles.